The fraction of sp³-hybridized carbons (Fsp3) is 0.185. The summed E-state index contributed by atoms with van der Waals surface area (Å²) in [5.41, 5.74) is 4.85. The monoisotopic (exact) mass is 539 g/mol. The SMILES string of the molecule is NC(=O)N(c1cccc(C(F)(F)F)c1)c1ccc(F)c(C(=O)c2ccc3ncc(N4CCOCC4)nc3c2)c1. The molecule has 2 amide bonds. The van der Waals surface area contributed by atoms with Gasteiger partial charge in [-0.2, -0.15) is 13.2 Å². The summed E-state index contributed by atoms with van der Waals surface area (Å²) < 4.78 is 59.9. The Morgan fingerprint density at radius 2 is 1.69 bits per heavy atom. The molecule has 0 atom stereocenters. The number of rotatable bonds is 5. The lowest BCUT2D eigenvalue weighted by Gasteiger charge is -2.27. The summed E-state index contributed by atoms with van der Waals surface area (Å²) in [6.07, 6.45) is -3.03. The zero-order valence-electron chi connectivity index (χ0n) is 20.3. The third kappa shape index (κ3) is 5.36. The smallest absolute Gasteiger partial charge is 0.378 e. The fourth-order valence-corrected chi connectivity index (χ4v) is 4.29. The summed E-state index contributed by atoms with van der Waals surface area (Å²) in [7, 11) is 0. The number of hydrogen-bond acceptors (Lipinski definition) is 6. The molecule has 0 saturated carbocycles. The second kappa shape index (κ2) is 10.3. The molecule has 8 nitrogen and oxygen atoms in total. The van der Waals surface area contributed by atoms with Crippen LogP contribution in [0.5, 0.6) is 0 Å². The number of amides is 2. The number of fused-ring (bicyclic) bond motifs is 1. The van der Waals surface area contributed by atoms with Gasteiger partial charge in [0.1, 0.15) is 11.6 Å². The molecule has 1 aliphatic rings. The van der Waals surface area contributed by atoms with Crippen LogP contribution in [0.3, 0.4) is 0 Å². The molecule has 0 bridgehead atoms. The number of anilines is 3. The van der Waals surface area contributed by atoms with E-state index in [0.717, 1.165) is 41.3 Å². The van der Waals surface area contributed by atoms with Gasteiger partial charge in [-0.15, -0.1) is 0 Å². The minimum Gasteiger partial charge on any atom is -0.378 e. The van der Waals surface area contributed by atoms with Crippen molar-refractivity contribution < 1.29 is 31.9 Å². The van der Waals surface area contributed by atoms with Crippen molar-refractivity contribution in [2.75, 3.05) is 36.1 Å². The number of carbonyl (C=O) groups excluding carboxylic acids is 2. The van der Waals surface area contributed by atoms with Gasteiger partial charge in [0.05, 0.1) is 52.9 Å². The number of primary amides is 1. The predicted octanol–water partition coefficient (Wildman–Crippen LogP) is 5.07. The molecule has 2 N–H and O–H groups in total. The molecule has 1 aromatic heterocycles. The molecular formula is C27H21F4N5O3. The normalized spacial score (nSPS) is 13.9. The second-order valence-corrected chi connectivity index (χ2v) is 8.75. The number of ether oxygens (including phenoxy) is 1. The Labute approximate surface area is 219 Å². The van der Waals surface area contributed by atoms with E-state index in [9.17, 15) is 27.2 Å². The molecule has 39 heavy (non-hydrogen) atoms. The fourth-order valence-electron chi connectivity index (χ4n) is 4.29. The Bertz CT molecular complexity index is 1570. The first kappa shape index (κ1) is 26.0. The quantitative estimate of drug-likeness (QED) is 0.281. The van der Waals surface area contributed by atoms with Crippen molar-refractivity contribution in [1.29, 1.82) is 0 Å². The Hall–Kier alpha value is -4.58. The van der Waals surface area contributed by atoms with Crippen LogP contribution < -0.4 is 15.5 Å². The van der Waals surface area contributed by atoms with Gasteiger partial charge in [-0.3, -0.25) is 14.7 Å². The second-order valence-electron chi connectivity index (χ2n) is 8.75. The van der Waals surface area contributed by atoms with Crippen LogP contribution in [-0.2, 0) is 10.9 Å². The van der Waals surface area contributed by atoms with Crippen LogP contribution in [0, 0.1) is 5.82 Å². The van der Waals surface area contributed by atoms with E-state index >= 15 is 0 Å². The van der Waals surface area contributed by atoms with Crippen molar-refractivity contribution in [3.05, 3.63) is 89.4 Å². The van der Waals surface area contributed by atoms with Gasteiger partial charge in [0.15, 0.2) is 5.78 Å². The molecular weight excluding hydrogens is 518 g/mol. The van der Waals surface area contributed by atoms with E-state index in [2.05, 4.69) is 9.97 Å². The zero-order valence-corrected chi connectivity index (χ0v) is 20.3. The van der Waals surface area contributed by atoms with Gasteiger partial charge in [-0.1, -0.05) is 6.07 Å². The minimum atomic E-state index is -4.66. The van der Waals surface area contributed by atoms with Gasteiger partial charge in [0.25, 0.3) is 0 Å². The first-order valence-electron chi connectivity index (χ1n) is 11.8. The van der Waals surface area contributed by atoms with E-state index in [-0.39, 0.29) is 16.9 Å². The van der Waals surface area contributed by atoms with Gasteiger partial charge >= 0.3 is 12.2 Å². The van der Waals surface area contributed by atoms with Gasteiger partial charge in [0, 0.05) is 18.7 Å². The Kier molecular flexibility index (Phi) is 6.87. The number of carbonyl (C=O) groups is 2. The van der Waals surface area contributed by atoms with E-state index in [4.69, 9.17) is 10.5 Å². The molecule has 0 aliphatic carbocycles. The van der Waals surface area contributed by atoms with E-state index in [1.54, 1.807) is 12.3 Å². The highest BCUT2D eigenvalue weighted by Gasteiger charge is 2.31. The first-order chi connectivity index (χ1) is 18.6. The van der Waals surface area contributed by atoms with E-state index in [1.165, 1.54) is 18.2 Å². The Morgan fingerprint density at radius 1 is 0.949 bits per heavy atom. The minimum absolute atomic E-state index is 0.0817. The van der Waals surface area contributed by atoms with Crippen LogP contribution in [0.15, 0.2) is 66.9 Å². The average molecular weight is 539 g/mol. The van der Waals surface area contributed by atoms with E-state index < -0.39 is 34.9 Å². The summed E-state index contributed by atoms with van der Waals surface area (Å²) in [6.45, 7) is 2.38. The van der Waals surface area contributed by atoms with E-state index in [0.29, 0.717) is 43.2 Å². The Morgan fingerprint density at radius 3 is 2.41 bits per heavy atom. The number of aromatic nitrogens is 2. The molecule has 0 spiro atoms. The number of benzene rings is 3. The highest BCUT2D eigenvalue weighted by molar-refractivity contribution is 6.11. The van der Waals surface area contributed by atoms with Crippen LogP contribution in [-0.4, -0.2) is 48.1 Å². The third-order valence-electron chi connectivity index (χ3n) is 6.23. The van der Waals surface area contributed by atoms with Gasteiger partial charge < -0.3 is 15.4 Å². The zero-order chi connectivity index (χ0) is 27.7. The maximum atomic E-state index is 14.9. The maximum Gasteiger partial charge on any atom is 0.416 e. The molecule has 1 saturated heterocycles. The standard InChI is InChI=1S/C27H21F4N5O3/c28-21-6-5-19(36(26(32)38)18-3-1-2-17(13-18)27(29,30)31)14-20(21)25(37)16-4-7-22-23(12-16)34-24(15-33-22)35-8-10-39-11-9-35/h1-7,12-15H,8-11H2,(H2,32,38). The highest BCUT2D eigenvalue weighted by atomic mass is 19.4. The number of nitrogens with two attached hydrogens (primary N) is 1. The number of hydrogen-bond donors (Lipinski definition) is 1. The van der Waals surface area contributed by atoms with Crippen LogP contribution in [0.1, 0.15) is 21.5 Å². The van der Waals surface area contributed by atoms with Crippen LogP contribution >= 0.6 is 0 Å². The average Bonchev–Trinajstić information content (AvgIpc) is 2.93. The van der Waals surface area contributed by atoms with Crippen LogP contribution in [0.2, 0.25) is 0 Å². The summed E-state index contributed by atoms with van der Waals surface area (Å²) in [6, 6.07) is 10.5. The number of nitrogens with zero attached hydrogens (tertiary/aromatic N) is 4. The summed E-state index contributed by atoms with van der Waals surface area (Å²) in [4.78, 5) is 37.4. The van der Waals surface area contributed by atoms with Crippen molar-refractivity contribution >= 4 is 40.0 Å². The molecule has 0 radical (unpaired) electrons. The summed E-state index contributed by atoms with van der Waals surface area (Å²) >= 11 is 0. The molecule has 200 valence electrons. The topological polar surface area (TPSA) is 102 Å². The number of urea groups is 1. The van der Waals surface area contributed by atoms with Crippen LogP contribution in [0.4, 0.5) is 39.5 Å². The Balaban J connectivity index is 1.51. The van der Waals surface area contributed by atoms with Crippen molar-refractivity contribution in [2.45, 2.75) is 6.18 Å². The largest absolute Gasteiger partial charge is 0.416 e. The van der Waals surface area contributed by atoms with Crippen molar-refractivity contribution in [1.82, 2.24) is 9.97 Å². The summed E-state index contributed by atoms with van der Waals surface area (Å²) in [5, 5.41) is 0. The van der Waals surface area contributed by atoms with Gasteiger partial charge in [-0.05, 0) is 54.6 Å². The molecule has 2 heterocycles. The number of morpholine rings is 1. The summed E-state index contributed by atoms with van der Waals surface area (Å²) in [5.74, 6) is -0.990. The lowest BCUT2D eigenvalue weighted by molar-refractivity contribution is -0.137. The third-order valence-corrected chi connectivity index (χ3v) is 6.23. The van der Waals surface area contributed by atoms with Crippen molar-refractivity contribution in [3.8, 4) is 0 Å². The van der Waals surface area contributed by atoms with E-state index in [1.807, 2.05) is 4.90 Å². The highest BCUT2D eigenvalue weighted by Crippen LogP contribution is 2.34. The van der Waals surface area contributed by atoms with Crippen molar-refractivity contribution in [2.24, 2.45) is 5.73 Å². The molecule has 5 rings (SSSR count). The van der Waals surface area contributed by atoms with Gasteiger partial charge in [-0.25, -0.2) is 14.2 Å². The number of ketones is 1. The first-order valence-corrected chi connectivity index (χ1v) is 11.8. The number of alkyl halides is 3. The molecule has 1 fully saturated rings. The predicted molar refractivity (Wildman–Crippen MR) is 136 cm³/mol. The molecule has 4 aromatic rings. The number of halogens is 4. The maximum absolute atomic E-state index is 14.9. The molecule has 3 aromatic carbocycles. The molecule has 0 unspecified atom stereocenters. The molecule has 12 heteroatoms. The lowest BCUT2D eigenvalue weighted by Crippen LogP contribution is -2.36. The van der Waals surface area contributed by atoms with Crippen LogP contribution in [0.25, 0.3) is 11.0 Å². The van der Waals surface area contributed by atoms with Crippen molar-refractivity contribution in [3.63, 3.8) is 0 Å². The lowest BCUT2D eigenvalue weighted by atomic mass is 10.0. The van der Waals surface area contributed by atoms with Gasteiger partial charge in [0.2, 0.25) is 0 Å². The molecule has 1 aliphatic heterocycles.